The number of aliphatic hydroxyl groups is 1. The molecule has 1 heterocycles. The standard InChI is InChI=1S/C13H15F3N4O/c14-13(15,16)11(21)9-20-12(17-18-19-20)8-4-7-10-5-2-1-3-6-10/h1-3,5-6,11,21H,4,7-9H2. The molecule has 0 saturated heterocycles. The van der Waals surface area contributed by atoms with Gasteiger partial charge in [0.2, 0.25) is 0 Å². The topological polar surface area (TPSA) is 63.8 Å². The van der Waals surface area contributed by atoms with Crippen molar-refractivity contribution < 1.29 is 18.3 Å². The van der Waals surface area contributed by atoms with Crippen LogP contribution in [0.3, 0.4) is 0 Å². The number of benzene rings is 1. The number of aromatic nitrogens is 4. The van der Waals surface area contributed by atoms with E-state index in [1.807, 2.05) is 30.3 Å². The van der Waals surface area contributed by atoms with Gasteiger partial charge < -0.3 is 5.11 Å². The number of alkyl halides is 3. The first kappa shape index (κ1) is 15.4. The van der Waals surface area contributed by atoms with Crippen LogP contribution in [0.25, 0.3) is 0 Å². The molecule has 2 rings (SSSR count). The summed E-state index contributed by atoms with van der Waals surface area (Å²) in [5, 5.41) is 19.6. The molecule has 114 valence electrons. The van der Waals surface area contributed by atoms with E-state index in [4.69, 9.17) is 5.11 Å². The summed E-state index contributed by atoms with van der Waals surface area (Å²) >= 11 is 0. The van der Waals surface area contributed by atoms with Crippen LogP contribution in [-0.4, -0.2) is 37.6 Å². The summed E-state index contributed by atoms with van der Waals surface area (Å²) in [5.41, 5.74) is 1.15. The summed E-state index contributed by atoms with van der Waals surface area (Å²) in [4.78, 5) is 0. The minimum absolute atomic E-state index is 0.342. The Balaban J connectivity index is 1.89. The third-order valence-corrected chi connectivity index (χ3v) is 3.04. The molecule has 0 bridgehead atoms. The molecule has 0 radical (unpaired) electrons. The largest absolute Gasteiger partial charge is 0.416 e. The van der Waals surface area contributed by atoms with Crippen molar-refractivity contribution in [2.45, 2.75) is 38.1 Å². The van der Waals surface area contributed by atoms with Crippen molar-refractivity contribution in [3.63, 3.8) is 0 Å². The molecule has 8 heteroatoms. The molecular formula is C13H15F3N4O. The minimum atomic E-state index is -4.67. The van der Waals surface area contributed by atoms with Gasteiger partial charge in [-0.25, -0.2) is 4.68 Å². The highest BCUT2D eigenvalue weighted by atomic mass is 19.4. The van der Waals surface area contributed by atoms with E-state index in [0.717, 1.165) is 16.7 Å². The monoisotopic (exact) mass is 300 g/mol. The summed E-state index contributed by atoms with van der Waals surface area (Å²) in [7, 11) is 0. The van der Waals surface area contributed by atoms with Crippen LogP contribution in [0.4, 0.5) is 13.2 Å². The number of hydrogen-bond acceptors (Lipinski definition) is 4. The van der Waals surface area contributed by atoms with Crippen molar-refractivity contribution >= 4 is 0 Å². The molecule has 1 aromatic heterocycles. The van der Waals surface area contributed by atoms with Crippen LogP contribution in [0.1, 0.15) is 17.8 Å². The first-order valence-corrected chi connectivity index (χ1v) is 6.50. The van der Waals surface area contributed by atoms with Crippen molar-refractivity contribution in [3.8, 4) is 0 Å². The third-order valence-electron chi connectivity index (χ3n) is 3.04. The lowest BCUT2D eigenvalue weighted by Crippen LogP contribution is -2.33. The molecule has 0 amide bonds. The second-order valence-corrected chi connectivity index (χ2v) is 4.67. The quantitative estimate of drug-likeness (QED) is 0.883. The van der Waals surface area contributed by atoms with Crippen molar-refractivity contribution in [1.82, 2.24) is 20.2 Å². The number of halogens is 3. The van der Waals surface area contributed by atoms with Crippen LogP contribution in [0.15, 0.2) is 30.3 Å². The lowest BCUT2D eigenvalue weighted by Gasteiger charge is -2.14. The Bertz CT molecular complexity index is 556. The number of aliphatic hydroxyl groups excluding tert-OH is 1. The normalized spacial score (nSPS) is 13.3. The van der Waals surface area contributed by atoms with Crippen LogP contribution < -0.4 is 0 Å². The van der Waals surface area contributed by atoms with E-state index in [2.05, 4.69) is 15.5 Å². The lowest BCUT2D eigenvalue weighted by molar-refractivity contribution is -0.208. The average molecular weight is 300 g/mol. The van der Waals surface area contributed by atoms with E-state index in [-0.39, 0.29) is 0 Å². The van der Waals surface area contributed by atoms with Crippen LogP contribution in [0, 0.1) is 0 Å². The molecule has 0 saturated carbocycles. The van der Waals surface area contributed by atoms with Crippen molar-refractivity contribution in [1.29, 1.82) is 0 Å². The van der Waals surface area contributed by atoms with E-state index < -0.39 is 18.8 Å². The molecule has 0 aliphatic heterocycles. The smallest absolute Gasteiger partial charge is 0.382 e. The van der Waals surface area contributed by atoms with Gasteiger partial charge in [-0.3, -0.25) is 0 Å². The molecular weight excluding hydrogens is 285 g/mol. The Labute approximate surface area is 119 Å². The van der Waals surface area contributed by atoms with Gasteiger partial charge in [0.1, 0.15) is 0 Å². The molecule has 1 atom stereocenters. The first-order valence-electron chi connectivity index (χ1n) is 6.50. The summed E-state index contributed by atoms with van der Waals surface area (Å²) < 4.78 is 37.9. The Hall–Kier alpha value is -1.96. The Morgan fingerprint density at radius 3 is 2.52 bits per heavy atom. The molecule has 0 aliphatic rings. The van der Waals surface area contributed by atoms with Crippen molar-refractivity contribution in [2.75, 3.05) is 0 Å². The van der Waals surface area contributed by atoms with Gasteiger partial charge in [-0.05, 0) is 28.8 Å². The second-order valence-electron chi connectivity index (χ2n) is 4.67. The molecule has 1 aromatic carbocycles. The molecule has 1 N–H and O–H groups in total. The van der Waals surface area contributed by atoms with Gasteiger partial charge in [0.05, 0.1) is 6.54 Å². The zero-order chi connectivity index (χ0) is 15.3. The maximum atomic E-state index is 12.3. The summed E-state index contributed by atoms with van der Waals surface area (Å²) in [6.45, 7) is -0.683. The van der Waals surface area contributed by atoms with Crippen molar-refractivity contribution in [2.24, 2.45) is 0 Å². The third kappa shape index (κ3) is 4.52. The van der Waals surface area contributed by atoms with Gasteiger partial charge in [0, 0.05) is 6.42 Å². The fourth-order valence-corrected chi connectivity index (χ4v) is 1.91. The number of nitrogens with zero attached hydrogens (tertiary/aromatic N) is 4. The Morgan fingerprint density at radius 2 is 1.86 bits per heavy atom. The fraction of sp³-hybridized carbons (Fsp3) is 0.462. The molecule has 0 fully saturated rings. The van der Waals surface area contributed by atoms with Crippen molar-refractivity contribution in [3.05, 3.63) is 41.7 Å². The molecule has 0 aliphatic carbocycles. The van der Waals surface area contributed by atoms with E-state index >= 15 is 0 Å². The zero-order valence-corrected chi connectivity index (χ0v) is 11.2. The lowest BCUT2D eigenvalue weighted by atomic mass is 10.1. The minimum Gasteiger partial charge on any atom is -0.382 e. The highest BCUT2D eigenvalue weighted by Gasteiger charge is 2.39. The number of tetrazole rings is 1. The first-order chi connectivity index (χ1) is 9.97. The van der Waals surface area contributed by atoms with Gasteiger partial charge >= 0.3 is 6.18 Å². The van der Waals surface area contributed by atoms with E-state index in [0.29, 0.717) is 18.7 Å². The molecule has 1 unspecified atom stereocenters. The van der Waals surface area contributed by atoms with Crippen LogP contribution >= 0.6 is 0 Å². The molecule has 21 heavy (non-hydrogen) atoms. The molecule has 0 spiro atoms. The maximum absolute atomic E-state index is 12.3. The summed E-state index contributed by atoms with van der Waals surface area (Å²) in [6.07, 6.45) is -5.18. The maximum Gasteiger partial charge on any atom is 0.416 e. The number of aryl methyl sites for hydroxylation is 2. The highest BCUT2D eigenvalue weighted by Crippen LogP contribution is 2.21. The van der Waals surface area contributed by atoms with Gasteiger partial charge in [-0.2, -0.15) is 13.2 Å². The Kier molecular flexibility index (Phi) is 4.89. The molecule has 2 aromatic rings. The van der Waals surface area contributed by atoms with Crippen LogP contribution in [-0.2, 0) is 19.4 Å². The van der Waals surface area contributed by atoms with Gasteiger partial charge in [0.15, 0.2) is 11.9 Å². The second kappa shape index (κ2) is 6.66. The van der Waals surface area contributed by atoms with Gasteiger partial charge in [-0.1, -0.05) is 30.3 Å². The summed E-state index contributed by atoms with van der Waals surface area (Å²) in [6, 6.07) is 9.74. The SMILES string of the molecule is OC(Cn1nnnc1CCCc1ccccc1)C(F)(F)F. The number of hydrogen-bond donors (Lipinski definition) is 1. The Morgan fingerprint density at radius 1 is 1.14 bits per heavy atom. The molecule has 5 nitrogen and oxygen atoms in total. The van der Waals surface area contributed by atoms with Gasteiger partial charge in [0.25, 0.3) is 0 Å². The predicted molar refractivity (Wildman–Crippen MR) is 68.3 cm³/mol. The van der Waals surface area contributed by atoms with E-state index in [9.17, 15) is 13.2 Å². The predicted octanol–water partition coefficient (Wildman–Crippen LogP) is 1.77. The zero-order valence-electron chi connectivity index (χ0n) is 11.2. The van der Waals surface area contributed by atoms with Crippen LogP contribution in [0.5, 0.6) is 0 Å². The highest BCUT2D eigenvalue weighted by molar-refractivity contribution is 5.14. The van der Waals surface area contributed by atoms with E-state index in [1.54, 1.807) is 0 Å². The van der Waals surface area contributed by atoms with Gasteiger partial charge in [-0.15, -0.1) is 5.10 Å². The fourth-order valence-electron chi connectivity index (χ4n) is 1.91. The van der Waals surface area contributed by atoms with E-state index in [1.165, 1.54) is 0 Å². The van der Waals surface area contributed by atoms with Crippen LogP contribution in [0.2, 0.25) is 0 Å². The average Bonchev–Trinajstić information content (AvgIpc) is 2.86. The summed E-state index contributed by atoms with van der Waals surface area (Å²) in [5.74, 6) is 0.342. The number of rotatable bonds is 6.